The summed E-state index contributed by atoms with van der Waals surface area (Å²) in [5, 5.41) is 28.0. The van der Waals surface area contributed by atoms with Crippen LogP contribution >= 0.6 is 11.6 Å². The lowest BCUT2D eigenvalue weighted by Crippen LogP contribution is -2.52. The highest BCUT2D eigenvalue weighted by Crippen LogP contribution is 2.24. The number of hydrogen-bond acceptors (Lipinski definition) is 6. The number of amides is 2. The van der Waals surface area contributed by atoms with Gasteiger partial charge in [0.15, 0.2) is 0 Å². The summed E-state index contributed by atoms with van der Waals surface area (Å²) in [7, 11) is 0. The van der Waals surface area contributed by atoms with Crippen LogP contribution in [-0.2, 0) is 16.0 Å². The van der Waals surface area contributed by atoms with Crippen molar-refractivity contribution >= 4 is 29.4 Å². The summed E-state index contributed by atoms with van der Waals surface area (Å²) in [6.45, 7) is 8.70. The molecule has 2 aromatic rings. The Balaban J connectivity index is 2.16. The van der Waals surface area contributed by atoms with E-state index >= 15 is 0 Å². The van der Waals surface area contributed by atoms with Gasteiger partial charge in [0.1, 0.15) is 30.2 Å². The summed E-state index contributed by atoms with van der Waals surface area (Å²) in [6.07, 6.45) is 0.314. The molecule has 0 fully saturated rings. The van der Waals surface area contributed by atoms with Gasteiger partial charge in [-0.1, -0.05) is 51.4 Å². The van der Waals surface area contributed by atoms with Crippen LogP contribution in [0.4, 0.5) is 0 Å². The molecule has 2 rings (SSSR count). The van der Waals surface area contributed by atoms with Crippen molar-refractivity contribution in [3.05, 3.63) is 58.6 Å². The van der Waals surface area contributed by atoms with Crippen LogP contribution in [0.2, 0.25) is 5.02 Å². The Labute approximate surface area is 222 Å². The molecule has 0 saturated heterocycles. The van der Waals surface area contributed by atoms with E-state index in [-0.39, 0.29) is 35.4 Å². The average Bonchev–Trinajstić information content (AvgIpc) is 2.81. The number of carboxylic acid groups (broad SMARTS) is 1. The normalized spacial score (nSPS) is 12.7. The van der Waals surface area contributed by atoms with Gasteiger partial charge >= 0.3 is 5.97 Å². The molecule has 0 saturated carbocycles. The van der Waals surface area contributed by atoms with Gasteiger partial charge in [0, 0.05) is 24.0 Å². The number of nitrogens with one attached hydrogen (secondary N) is 3. The number of carbonyl (C=O) groups excluding carboxylic acids is 2. The number of benzene rings is 2. The standard InChI is InChI=1S/C27H36ClN3O6/c1-16(2)13-22(26(34)31-23(27(35)36)14-18-5-8-20(32)9-6-18)30-25(33)21-10-7-19(28)15-24(21)37-12-11-29-17(3)4/h5-10,15-17,22-23,29,32H,11-14H2,1-4H3,(H,30,33)(H,31,34)(H,35,36)/t22-,23-/m0/s1. The van der Waals surface area contributed by atoms with Crippen molar-refractivity contribution in [2.75, 3.05) is 13.2 Å². The minimum absolute atomic E-state index is 0.0171. The molecule has 2 atom stereocenters. The van der Waals surface area contributed by atoms with Crippen LogP contribution in [0.25, 0.3) is 0 Å². The number of phenolic OH excluding ortho intramolecular Hbond substituents is 1. The number of rotatable bonds is 14. The fourth-order valence-corrected chi connectivity index (χ4v) is 3.75. The third kappa shape index (κ3) is 10.3. The van der Waals surface area contributed by atoms with E-state index in [1.165, 1.54) is 18.2 Å². The lowest BCUT2D eigenvalue weighted by molar-refractivity contribution is -0.142. The van der Waals surface area contributed by atoms with E-state index in [9.17, 15) is 24.6 Å². The summed E-state index contributed by atoms with van der Waals surface area (Å²) in [5.74, 6) is -1.96. The van der Waals surface area contributed by atoms with Gasteiger partial charge in [0.2, 0.25) is 5.91 Å². The van der Waals surface area contributed by atoms with Gasteiger partial charge in [0.05, 0.1) is 5.56 Å². The molecule has 0 spiro atoms. The van der Waals surface area contributed by atoms with Crippen LogP contribution in [0.15, 0.2) is 42.5 Å². The monoisotopic (exact) mass is 533 g/mol. The van der Waals surface area contributed by atoms with Crippen molar-refractivity contribution in [2.24, 2.45) is 5.92 Å². The predicted molar refractivity (Wildman–Crippen MR) is 142 cm³/mol. The topological polar surface area (TPSA) is 137 Å². The molecule has 10 heteroatoms. The van der Waals surface area contributed by atoms with Crippen molar-refractivity contribution in [3.63, 3.8) is 0 Å². The Morgan fingerprint density at radius 2 is 1.65 bits per heavy atom. The molecule has 0 aliphatic rings. The van der Waals surface area contributed by atoms with Crippen molar-refractivity contribution in [2.45, 2.75) is 58.7 Å². The Morgan fingerprint density at radius 3 is 2.24 bits per heavy atom. The largest absolute Gasteiger partial charge is 0.508 e. The Hall–Kier alpha value is -3.30. The molecule has 0 aromatic heterocycles. The number of ether oxygens (including phenoxy) is 1. The van der Waals surface area contributed by atoms with Crippen molar-refractivity contribution in [1.29, 1.82) is 0 Å². The molecule has 37 heavy (non-hydrogen) atoms. The summed E-state index contributed by atoms with van der Waals surface area (Å²) < 4.78 is 5.78. The number of aliphatic carboxylic acids is 1. The van der Waals surface area contributed by atoms with Crippen LogP contribution < -0.4 is 20.7 Å². The molecule has 0 heterocycles. The second-order valence-electron chi connectivity index (χ2n) is 9.52. The number of hydrogen-bond donors (Lipinski definition) is 5. The smallest absolute Gasteiger partial charge is 0.326 e. The van der Waals surface area contributed by atoms with Crippen LogP contribution in [-0.4, -0.2) is 59.3 Å². The molecule has 0 unspecified atom stereocenters. The first-order valence-corrected chi connectivity index (χ1v) is 12.6. The zero-order valence-electron chi connectivity index (χ0n) is 21.6. The molecule has 0 aliphatic carbocycles. The maximum atomic E-state index is 13.2. The summed E-state index contributed by atoms with van der Waals surface area (Å²) in [4.78, 5) is 38.2. The third-order valence-corrected chi connectivity index (χ3v) is 5.66. The molecular weight excluding hydrogens is 498 g/mol. The highest BCUT2D eigenvalue weighted by atomic mass is 35.5. The number of halogens is 1. The van der Waals surface area contributed by atoms with Gasteiger partial charge in [-0.3, -0.25) is 9.59 Å². The second-order valence-corrected chi connectivity index (χ2v) is 9.96. The van der Waals surface area contributed by atoms with Gasteiger partial charge < -0.3 is 30.9 Å². The molecular formula is C27H36ClN3O6. The first kappa shape index (κ1) is 29.9. The summed E-state index contributed by atoms with van der Waals surface area (Å²) in [6, 6.07) is 8.79. The molecule has 202 valence electrons. The number of phenols is 1. The van der Waals surface area contributed by atoms with Crippen molar-refractivity contribution < 1.29 is 29.3 Å². The van der Waals surface area contributed by atoms with Gasteiger partial charge in [0.25, 0.3) is 5.91 Å². The zero-order valence-corrected chi connectivity index (χ0v) is 22.3. The lowest BCUT2D eigenvalue weighted by Gasteiger charge is -2.23. The van der Waals surface area contributed by atoms with Gasteiger partial charge in [-0.2, -0.15) is 0 Å². The Morgan fingerprint density at radius 1 is 0.973 bits per heavy atom. The van der Waals surface area contributed by atoms with Crippen LogP contribution in [0.3, 0.4) is 0 Å². The quantitative estimate of drug-likeness (QED) is 0.235. The minimum atomic E-state index is -1.22. The molecule has 0 radical (unpaired) electrons. The van der Waals surface area contributed by atoms with E-state index in [0.717, 1.165) is 0 Å². The van der Waals surface area contributed by atoms with E-state index in [1.807, 2.05) is 27.7 Å². The second kappa shape index (κ2) is 14.4. The number of carboxylic acids is 1. The van der Waals surface area contributed by atoms with Crippen molar-refractivity contribution in [1.82, 2.24) is 16.0 Å². The SMILES string of the molecule is CC(C)C[C@H](NC(=O)c1ccc(Cl)cc1OCCNC(C)C)C(=O)N[C@@H](Cc1ccc(O)cc1)C(=O)O. The highest BCUT2D eigenvalue weighted by Gasteiger charge is 2.28. The van der Waals surface area contributed by atoms with Crippen molar-refractivity contribution in [3.8, 4) is 11.5 Å². The van der Waals surface area contributed by atoms with Gasteiger partial charge in [-0.25, -0.2) is 4.79 Å². The van der Waals surface area contributed by atoms with E-state index in [2.05, 4.69) is 16.0 Å². The van der Waals surface area contributed by atoms with Crippen LogP contribution in [0.5, 0.6) is 11.5 Å². The summed E-state index contributed by atoms with van der Waals surface area (Å²) >= 11 is 6.11. The first-order valence-electron chi connectivity index (χ1n) is 12.2. The van der Waals surface area contributed by atoms with E-state index in [0.29, 0.717) is 30.2 Å². The fraction of sp³-hybridized carbons (Fsp3) is 0.444. The average molecular weight is 534 g/mol. The molecule has 0 bridgehead atoms. The maximum Gasteiger partial charge on any atom is 0.326 e. The minimum Gasteiger partial charge on any atom is -0.508 e. The Kier molecular flexibility index (Phi) is 11.7. The fourth-order valence-electron chi connectivity index (χ4n) is 3.59. The van der Waals surface area contributed by atoms with E-state index in [4.69, 9.17) is 16.3 Å². The zero-order chi connectivity index (χ0) is 27.5. The Bertz CT molecular complexity index is 1060. The van der Waals surface area contributed by atoms with E-state index in [1.54, 1.807) is 24.3 Å². The number of carbonyl (C=O) groups is 3. The number of aromatic hydroxyl groups is 1. The maximum absolute atomic E-state index is 13.2. The van der Waals surface area contributed by atoms with Gasteiger partial charge in [-0.15, -0.1) is 0 Å². The van der Waals surface area contributed by atoms with Crippen LogP contribution in [0, 0.1) is 5.92 Å². The van der Waals surface area contributed by atoms with E-state index < -0.39 is 29.9 Å². The molecule has 0 aliphatic heterocycles. The predicted octanol–water partition coefficient (Wildman–Crippen LogP) is 3.38. The molecule has 5 N–H and O–H groups in total. The highest BCUT2D eigenvalue weighted by molar-refractivity contribution is 6.30. The summed E-state index contributed by atoms with van der Waals surface area (Å²) in [5.41, 5.74) is 0.847. The van der Waals surface area contributed by atoms with Gasteiger partial charge in [-0.05, 0) is 48.2 Å². The molecule has 2 amide bonds. The van der Waals surface area contributed by atoms with Crippen LogP contribution in [0.1, 0.15) is 50.0 Å². The molecule has 9 nitrogen and oxygen atoms in total. The lowest BCUT2D eigenvalue weighted by atomic mass is 10.0. The third-order valence-electron chi connectivity index (χ3n) is 5.42. The first-order chi connectivity index (χ1) is 17.5. The molecule has 2 aromatic carbocycles.